The number of hydrogen-bond acceptors (Lipinski definition) is 23. The van der Waals surface area contributed by atoms with Crippen molar-refractivity contribution in [2.75, 3.05) is 42.7 Å². The van der Waals surface area contributed by atoms with E-state index in [0.717, 1.165) is 208 Å². The maximum Gasteiger partial charge on any atom is 0.224 e. The second-order valence-corrected chi connectivity index (χ2v) is 33.7. The maximum atomic E-state index is 12.2. The smallest absolute Gasteiger partial charge is 0.224 e. The molecule has 33 nitrogen and oxygen atoms in total. The molecule has 1 aliphatic heterocycles. The molecule has 666 valence electrons. The molecule has 0 saturated carbocycles. The SMILES string of the molecule is CC(C)CC(=O)Nc1cncc(-c2ccc3[nH]nc(-c4nc5c(N6CCCCC6)cncc5[nH]4)c3c2)c1.CCC(=O)Nc1cncc(-c2ccc3[nH]nc(-c4nc5c(-c6ccccn6)cncc5[nH]4)c3c2)c1.CN(C)Cc1cncc(-c2ccc3[nH]nc(-c4nc5c(-c6ccccn6)cncc5[nH]4)c3c2)c1.c1ccc(-c2cncc3[nH]c(-c4n[nH]c5ccc(-c6cccnc6)cc45)nc23)nc1. The number of nitrogens with one attached hydrogen (secondary N) is 10. The lowest BCUT2D eigenvalue weighted by Gasteiger charge is -2.28. The lowest BCUT2D eigenvalue weighted by Crippen LogP contribution is -2.29. The molecule has 0 atom stereocenters. The number of piperidine rings is 1. The number of anilines is 3. The zero-order valence-corrected chi connectivity index (χ0v) is 74.4. The van der Waals surface area contributed by atoms with Crippen LogP contribution in [0.25, 0.3) is 212 Å². The predicted octanol–water partition coefficient (Wildman–Crippen LogP) is 19.8. The first-order valence-corrected chi connectivity index (χ1v) is 44.5. The molecule has 10 N–H and O–H groups in total. The molecule has 20 heterocycles. The minimum atomic E-state index is -0.0547. The molecule has 136 heavy (non-hydrogen) atoms. The Labute approximate surface area is 775 Å². The summed E-state index contributed by atoms with van der Waals surface area (Å²) in [7, 11) is 4.11. The van der Waals surface area contributed by atoms with Gasteiger partial charge in [0.05, 0.1) is 122 Å². The van der Waals surface area contributed by atoms with Gasteiger partial charge in [-0.2, -0.15) is 20.4 Å². The van der Waals surface area contributed by atoms with Crippen molar-refractivity contribution in [2.24, 2.45) is 5.92 Å². The Morgan fingerprint density at radius 1 is 0.360 bits per heavy atom. The molecule has 0 bridgehead atoms. The second kappa shape index (κ2) is 37.5. The van der Waals surface area contributed by atoms with Crippen molar-refractivity contribution in [1.82, 2.24) is 140 Å². The first-order valence-electron chi connectivity index (χ1n) is 44.5. The van der Waals surface area contributed by atoms with Crippen molar-refractivity contribution in [3.8, 4) is 124 Å². The summed E-state index contributed by atoms with van der Waals surface area (Å²) in [5, 5.41) is 40.4. The summed E-state index contributed by atoms with van der Waals surface area (Å²) in [6.07, 6.45) is 38.5. The summed E-state index contributed by atoms with van der Waals surface area (Å²) in [6, 6.07) is 52.0. The Hall–Kier alpha value is -18.0. The van der Waals surface area contributed by atoms with Crippen molar-refractivity contribution in [2.45, 2.75) is 59.4 Å². The van der Waals surface area contributed by atoms with E-state index in [4.69, 9.17) is 19.9 Å². The number of benzene rings is 4. The minimum Gasteiger partial charge on any atom is -0.368 e. The van der Waals surface area contributed by atoms with Crippen LogP contribution in [-0.4, -0.2) is 179 Å². The fourth-order valence-electron chi connectivity index (χ4n) is 17.0. The number of rotatable bonds is 19. The van der Waals surface area contributed by atoms with Gasteiger partial charge in [0.25, 0.3) is 0 Å². The zero-order valence-electron chi connectivity index (χ0n) is 74.4. The fourth-order valence-corrected chi connectivity index (χ4v) is 17.0. The molecule has 24 rings (SSSR count). The Morgan fingerprint density at radius 2 is 0.743 bits per heavy atom. The van der Waals surface area contributed by atoms with Gasteiger partial charge in [-0.15, -0.1) is 0 Å². The van der Waals surface area contributed by atoms with Gasteiger partial charge in [-0.1, -0.05) is 69.3 Å². The highest BCUT2D eigenvalue weighted by molar-refractivity contribution is 6.03. The topological polar surface area (TPSA) is 436 Å². The Bertz CT molecular complexity index is 8300. The number of nitrogens with zero attached hydrogens (tertiary/aromatic N) is 21. The molecule has 4 aromatic carbocycles. The average molecular weight is 1790 g/mol. The van der Waals surface area contributed by atoms with Gasteiger partial charge in [0.1, 0.15) is 44.8 Å². The van der Waals surface area contributed by atoms with Gasteiger partial charge in [0.2, 0.25) is 11.8 Å². The van der Waals surface area contributed by atoms with E-state index in [1.165, 1.54) is 24.8 Å². The number of fused-ring (bicyclic) bond motifs is 8. The van der Waals surface area contributed by atoms with Crippen LogP contribution in [0.1, 0.15) is 58.4 Å². The van der Waals surface area contributed by atoms with Gasteiger partial charge in [-0.05, 0) is 176 Å². The van der Waals surface area contributed by atoms with E-state index < -0.39 is 0 Å². The summed E-state index contributed by atoms with van der Waals surface area (Å²) in [4.78, 5) is 110. The number of amides is 2. The first kappa shape index (κ1) is 84.8. The van der Waals surface area contributed by atoms with Gasteiger partial charge in [-0.25, -0.2) is 19.9 Å². The first-order chi connectivity index (χ1) is 66.8. The van der Waals surface area contributed by atoms with E-state index in [-0.39, 0.29) is 11.8 Å². The number of pyridine rings is 11. The molecule has 0 unspecified atom stereocenters. The van der Waals surface area contributed by atoms with Crippen LogP contribution in [0.4, 0.5) is 17.1 Å². The normalized spacial score (nSPS) is 12.1. The summed E-state index contributed by atoms with van der Waals surface area (Å²) in [5.41, 5.74) is 30.1. The third kappa shape index (κ3) is 17.7. The second-order valence-electron chi connectivity index (χ2n) is 33.7. The third-order valence-corrected chi connectivity index (χ3v) is 23.5. The van der Waals surface area contributed by atoms with Crippen molar-refractivity contribution in [3.05, 3.63) is 281 Å². The summed E-state index contributed by atoms with van der Waals surface area (Å²) < 4.78 is 0. The molecular weight excluding hydrogens is 1700 g/mol. The monoisotopic (exact) mass is 1790 g/mol. The van der Waals surface area contributed by atoms with Crippen molar-refractivity contribution < 1.29 is 9.59 Å². The fraction of sp³-hybridized carbons (Fsp3) is 0.136. The van der Waals surface area contributed by atoms with Crippen LogP contribution < -0.4 is 15.5 Å². The van der Waals surface area contributed by atoms with Crippen LogP contribution in [0.2, 0.25) is 0 Å². The van der Waals surface area contributed by atoms with E-state index in [0.29, 0.717) is 59.1 Å². The molecule has 1 fully saturated rings. The van der Waals surface area contributed by atoms with E-state index in [1.54, 1.807) is 86.8 Å². The number of carbonyl (C=O) groups excluding carboxylic acids is 2. The number of aromatic amines is 8. The van der Waals surface area contributed by atoms with Gasteiger partial charge in [-0.3, -0.25) is 84.8 Å². The van der Waals surface area contributed by atoms with E-state index in [1.807, 2.05) is 173 Å². The minimum absolute atomic E-state index is 0.00943. The molecule has 2 amide bonds. The molecule has 0 aliphatic carbocycles. The highest BCUT2D eigenvalue weighted by atomic mass is 16.2. The van der Waals surface area contributed by atoms with Crippen molar-refractivity contribution in [3.63, 3.8) is 0 Å². The van der Waals surface area contributed by atoms with E-state index in [9.17, 15) is 9.59 Å². The Morgan fingerprint density at radius 3 is 1.14 bits per heavy atom. The molecular formula is C103H87N31O2. The van der Waals surface area contributed by atoms with E-state index >= 15 is 0 Å². The number of aromatic nitrogens is 27. The van der Waals surface area contributed by atoms with Crippen LogP contribution >= 0.6 is 0 Å². The number of carbonyl (C=O) groups is 2. The third-order valence-electron chi connectivity index (χ3n) is 23.5. The largest absolute Gasteiger partial charge is 0.368 e. The Balaban J connectivity index is 0.000000109. The number of hydrogen-bond donors (Lipinski definition) is 10. The Kier molecular flexibility index (Phi) is 23.4. The highest BCUT2D eigenvalue weighted by Crippen LogP contribution is 2.40. The molecule has 19 aromatic heterocycles. The van der Waals surface area contributed by atoms with Gasteiger partial charge >= 0.3 is 0 Å². The van der Waals surface area contributed by atoms with Crippen LogP contribution in [-0.2, 0) is 16.1 Å². The summed E-state index contributed by atoms with van der Waals surface area (Å²) in [5.74, 6) is 2.94. The molecule has 1 saturated heterocycles. The zero-order chi connectivity index (χ0) is 92.1. The lowest BCUT2D eigenvalue weighted by atomic mass is 10.0. The van der Waals surface area contributed by atoms with Gasteiger partial charge < -0.3 is 40.4 Å². The average Bonchev–Trinajstić information content (AvgIpc) is 1.63. The molecule has 1 aliphatic rings. The molecule has 0 spiro atoms. The van der Waals surface area contributed by atoms with Crippen LogP contribution in [0.5, 0.6) is 0 Å². The molecule has 23 aromatic rings. The van der Waals surface area contributed by atoms with Crippen LogP contribution in [0.15, 0.2) is 275 Å². The lowest BCUT2D eigenvalue weighted by molar-refractivity contribution is -0.117. The number of imidazole rings is 4. The van der Waals surface area contributed by atoms with Crippen molar-refractivity contribution in [1.29, 1.82) is 0 Å². The quantitative estimate of drug-likeness (QED) is 0.0359. The maximum absolute atomic E-state index is 12.2. The summed E-state index contributed by atoms with van der Waals surface area (Å²) in [6.45, 7) is 8.77. The van der Waals surface area contributed by atoms with Crippen LogP contribution in [0.3, 0.4) is 0 Å². The molecule has 0 radical (unpaired) electrons. The summed E-state index contributed by atoms with van der Waals surface area (Å²) >= 11 is 0. The number of H-pyrrole nitrogens is 8. The van der Waals surface area contributed by atoms with Gasteiger partial charge in [0, 0.05) is 167 Å². The van der Waals surface area contributed by atoms with E-state index in [2.05, 4.69) is 186 Å². The van der Waals surface area contributed by atoms with Crippen molar-refractivity contribution >= 4 is 117 Å². The molecule has 33 heteroatoms. The van der Waals surface area contributed by atoms with Crippen LogP contribution in [0, 0.1) is 5.92 Å². The van der Waals surface area contributed by atoms with Gasteiger partial charge in [0.15, 0.2) is 23.3 Å². The standard InChI is InChI=1S/C28H30N8O.C26H20N8O.C26H22N8.C23H15N7/c1-17(2)10-25(37)31-20-11-19(13-29-14-20)18-6-7-22-21(12-18)26(35-34-22)28-32-23-15-30-16-24(27(23)33-28)36-8-4-3-5-9-36;1-2-23(35)30-17-9-16(11-27-12-17)15-6-7-21-18(10-15)25(34-33-21)26-31-22-14-28-13-19(24(22)32-26)20-5-3-4-8-29-20;1-34(2)15-16-9-18(12-27-11-16)17-6-7-22-19(10-17)25(33-32-22)26-30-23-14-28-13-20(24(23)31-26)21-5-3-4-8-29-21;1-2-9-26-18(5-1)17-12-25-13-20-21(17)28-23(27-20)22-16-10-14(6-7-19(16)29-30-22)15-4-3-8-24-11-15/h6-7,11-17H,3-5,8-10H2,1-2H3,(H,31,37)(H,32,33)(H,34,35);3-14H,2H2,1H3,(H,30,35)(H,31,32)(H,33,34);3-14H,15H2,1-2H3,(H,30,31)(H,32,33);1-13H,(H,27,28)(H,29,30). The predicted molar refractivity (Wildman–Crippen MR) is 529 cm³/mol. The highest BCUT2D eigenvalue weighted by Gasteiger charge is 2.25.